The number of azo groups is 1. The van der Waals surface area contributed by atoms with Crippen LogP contribution in [0.4, 0.5) is 5.69 Å². The molecule has 21 heavy (non-hydrogen) atoms. The molecule has 3 rings (SSSR count). The van der Waals surface area contributed by atoms with E-state index in [1.807, 2.05) is 6.07 Å². The first-order chi connectivity index (χ1) is 10.1. The lowest BCUT2D eigenvalue weighted by Gasteiger charge is -1.93. The Hall–Kier alpha value is -2.41. The Kier molecular flexibility index (Phi) is 3.34. The quantitative estimate of drug-likeness (QED) is 0.670. The molecule has 0 fully saturated rings. The predicted octanol–water partition coefficient (Wildman–Crippen LogP) is 4.46. The van der Waals surface area contributed by atoms with Crippen LogP contribution in [0.2, 0.25) is 0 Å². The third kappa shape index (κ3) is 2.47. The Morgan fingerprint density at radius 1 is 1.38 bits per heavy atom. The van der Waals surface area contributed by atoms with Crippen LogP contribution in [0, 0.1) is 6.92 Å². The molecule has 0 radical (unpaired) electrons. The Labute approximate surface area is 127 Å². The molecule has 0 atom stereocenters. The minimum Gasteiger partial charge on any atom is -0.493 e. The molecular weight excluding hydrogens is 338 g/mol. The topological polar surface area (TPSA) is 90.9 Å². The Morgan fingerprint density at radius 2 is 2.19 bits per heavy atom. The van der Waals surface area contributed by atoms with Crippen LogP contribution in [-0.4, -0.2) is 16.0 Å². The van der Waals surface area contributed by atoms with Gasteiger partial charge in [0.1, 0.15) is 5.76 Å². The number of aromatic nitrogens is 1. The summed E-state index contributed by atoms with van der Waals surface area (Å²) in [6, 6.07) is 6.94. The van der Waals surface area contributed by atoms with Gasteiger partial charge in [0.05, 0.1) is 17.3 Å². The van der Waals surface area contributed by atoms with Crippen LogP contribution in [-0.2, 0) is 0 Å². The standard InChI is InChI=1S/C14H10BrN3O3/c1-7-9(4-5-21-7)13(19)18-17-12-10-6-8(15)2-3-11(10)16-14(12)20/h2-6,16,20H,1H3. The highest BCUT2D eigenvalue weighted by atomic mass is 79.9. The zero-order valence-electron chi connectivity index (χ0n) is 10.9. The Balaban J connectivity index is 2.00. The fourth-order valence-corrected chi connectivity index (χ4v) is 2.35. The van der Waals surface area contributed by atoms with Crippen molar-refractivity contribution in [3.63, 3.8) is 0 Å². The SMILES string of the molecule is Cc1occc1C(=O)N=Nc1c(O)[nH]c2ccc(Br)cc12. The number of halogens is 1. The molecule has 2 N–H and O–H groups in total. The van der Waals surface area contributed by atoms with Crippen LogP contribution in [0.5, 0.6) is 5.88 Å². The number of hydrogen-bond acceptors (Lipinski definition) is 4. The van der Waals surface area contributed by atoms with Gasteiger partial charge in [-0.25, -0.2) is 0 Å². The van der Waals surface area contributed by atoms with Crippen LogP contribution in [0.3, 0.4) is 0 Å². The summed E-state index contributed by atoms with van der Waals surface area (Å²) in [5.74, 6) is -0.182. The smallest absolute Gasteiger partial charge is 0.298 e. The number of carbonyl (C=O) groups excluding carboxylic acids is 1. The maximum absolute atomic E-state index is 11.9. The van der Waals surface area contributed by atoms with E-state index in [1.165, 1.54) is 12.3 Å². The average Bonchev–Trinajstić information content (AvgIpc) is 2.99. The van der Waals surface area contributed by atoms with Gasteiger partial charge in [-0.3, -0.25) is 4.79 Å². The molecule has 1 aromatic carbocycles. The van der Waals surface area contributed by atoms with Crippen molar-refractivity contribution >= 4 is 38.4 Å². The van der Waals surface area contributed by atoms with Crippen molar-refractivity contribution in [2.24, 2.45) is 10.2 Å². The van der Waals surface area contributed by atoms with Gasteiger partial charge >= 0.3 is 0 Å². The molecule has 0 aliphatic rings. The highest BCUT2D eigenvalue weighted by Gasteiger charge is 2.13. The molecule has 2 heterocycles. The summed E-state index contributed by atoms with van der Waals surface area (Å²) >= 11 is 3.35. The van der Waals surface area contributed by atoms with Gasteiger partial charge in [-0.1, -0.05) is 15.9 Å². The zero-order chi connectivity index (χ0) is 15.0. The molecule has 7 heteroatoms. The van der Waals surface area contributed by atoms with Gasteiger partial charge in [-0.2, -0.15) is 0 Å². The number of nitrogens with one attached hydrogen (secondary N) is 1. The number of fused-ring (bicyclic) bond motifs is 1. The normalized spacial score (nSPS) is 11.5. The fraction of sp³-hybridized carbons (Fsp3) is 0.0714. The van der Waals surface area contributed by atoms with E-state index in [0.29, 0.717) is 22.2 Å². The van der Waals surface area contributed by atoms with Gasteiger partial charge in [0, 0.05) is 9.86 Å². The monoisotopic (exact) mass is 347 g/mol. The summed E-state index contributed by atoms with van der Waals surface area (Å²) in [4.78, 5) is 14.7. The molecule has 106 valence electrons. The Morgan fingerprint density at radius 3 is 2.90 bits per heavy atom. The van der Waals surface area contributed by atoms with E-state index < -0.39 is 5.91 Å². The first kappa shape index (κ1) is 13.6. The number of aromatic amines is 1. The van der Waals surface area contributed by atoms with Gasteiger partial charge in [0.25, 0.3) is 5.91 Å². The number of hydrogen-bond donors (Lipinski definition) is 2. The van der Waals surface area contributed by atoms with E-state index >= 15 is 0 Å². The molecule has 0 unspecified atom stereocenters. The van der Waals surface area contributed by atoms with Gasteiger partial charge in [-0.05, 0) is 31.2 Å². The van der Waals surface area contributed by atoms with Crippen molar-refractivity contribution in [3.8, 4) is 5.88 Å². The molecule has 3 aromatic rings. The Bertz CT molecular complexity index is 864. The average molecular weight is 348 g/mol. The van der Waals surface area contributed by atoms with E-state index in [1.54, 1.807) is 19.1 Å². The highest BCUT2D eigenvalue weighted by molar-refractivity contribution is 9.10. The van der Waals surface area contributed by atoms with Gasteiger partial charge in [-0.15, -0.1) is 10.2 Å². The van der Waals surface area contributed by atoms with Gasteiger partial charge in [0.15, 0.2) is 5.69 Å². The van der Waals surface area contributed by atoms with Crippen LogP contribution < -0.4 is 0 Å². The largest absolute Gasteiger partial charge is 0.493 e. The molecule has 2 aromatic heterocycles. The lowest BCUT2D eigenvalue weighted by molar-refractivity contribution is 0.0993. The number of aryl methyl sites for hydroxylation is 1. The van der Waals surface area contributed by atoms with Crippen molar-refractivity contribution in [2.45, 2.75) is 6.92 Å². The molecule has 0 spiro atoms. The maximum atomic E-state index is 11.9. The summed E-state index contributed by atoms with van der Waals surface area (Å²) < 4.78 is 5.88. The van der Waals surface area contributed by atoms with Crippen LogP contribution in [0.25, 0.3) is 10.9 Å². The maximum Gasteiger partial charge on any atom is 0.298 e. The van der Waals surface area contributed by atoms with Gasteiger partial charge < -0.3 is 14.5 Å². The summed E-state index contributed by atoms with van der Waals surface area (Å²) in [5.41, 5.74) is 1.27. The first-order valence-electron chi connectivity index (χ1n) is 6.06. The minimum atomic E-state index is -0.523. The molecule has 0 aliphatic carbocycles. The van der Waals surface area contributed by atoms with Gasteiger partial charge in [0.2, 0.25) is 5.88 Å². The summed E-state index contributed by atoms with van der Waals surface area (Å²) in [5, 5.41) is 18.0. The fourth-order valence-electron chi connectivity index (χ4n) is 1.99. The molecule has 0 bridgehead atoms. The molecule has 0 saturated carbocycles. The molecule has 0 saturated heterocycles. The number of furan rings is 1. The van der Waals surface area contributed by atoms with Crippen molar-refractivity contribution in [1.29, 1.82) is 0 Å². The predicted molar refractivity (Wildman–Crippen MR) is 80.0 cm³/mol. The first-order valence-corrected chi connectivity index (χ1v) is 6.86. The third-order valence-corrected chi connectivity index (χ3v) is 3.54. The molecule has 1 amide bonds. The number of rotatable bonds is 2. The van der Waals surface area contributed by atoms with E-state index in [0.717, 1.165) is 4.47 Å². The number of benzene rings is 1. The second kappa shape index (κ2) is 5.17. The summed E-state index contributed by atoms with van der Waals surface area (Å²) in [7, 11) is 0. The zero-order valence-corrected chi connectivity index (χ0v) is 12.5. The van der Waals surface area contributed by atoms with Crippen LogP contribution >= 0.6 is 15.9 Å². The molecule has 6 nitrogen and oxygen atoms in total. The molecule has 0 aliphatic heterocycles. The number of aromatic hydroxyl groups is 1. The van der Waals surface area contributed by atoms with Crippen molar-refractivity contribution in [1.82, 2.24) is 4.98 Å². The van der Waals surface area contributed by atoms with Crippen LogP contribution in [0.1, 0.15) is 16.1 Å². The second-order valence-electron chi connectivity index (χ2n) is 4.41. The number of carbonyl (C=O) groups is 1. The van der Waals surface area contributed by atoms with Crippen molar-refractivity contribution in [2.75, 3.05) is 0 Å². The van der Waals surface area contributed by atoms with Crippen LogP contribution in [0.15, 0.2) is 49.6 Å². The number of nitrogens with zero attached hydrogens (tertiary/aromatic N) is 2. The lowest BCUT2D eigenvalue weighted by Crippen LogP contribution is -1.92. The highest BCUT2D eigenvalue weighted by Crippen LogP contribution is 2.36. The van der Waals surface area contributed by atoms with Crippen molar-refractivity contribution < 1.29 is 14.3 Å². The van der Waals surface area contributed by atoms with E-state index in [2.05, 4.69) is 31.1 Å². The summed E-state index contributed by atoms with van der Waals surface area (Å²) in [6.07, 6.45) is 1.42. The number of H-pyrrole nitrogens is 1. The van der Waals surface area contributed by atoms with E-state index in [-0.39, 0.29) is 11.6 Å². The number of amides is 1. The third-order valence-electron chi connectivity index (χ3n) is 3.04. The van der Waals surface area contributed by atoms with E-state index in [4.69, 9.17) is 4.42 Å². The van der Waals surface area contributed by atoms with Crippen molar-refractivity contribution in [3.05, 3.63) is 46.3 Å². The van der Waals surface area contributed by atoms with E-state index in [9.17, 15) is 9.90 Å². The minimum absolute atomic E-state index is 0.136. The summed E-state index contributed by atoms with van der Waals surface area (Å²) in [6.45, 7) is 1.67. The lowest BCUT2D eigenvalue weighted by atomic mass is 10.2. The second-order valence-corrected chi connectivity index (χ2v) is 5.32. The molecular formula is C14H10BrN3O3.